The Kier molecular flexibility index (Phi) is 3.74. The van der Waals surface area contributed by atoms with E-state index in [-0.39, 0.29) is 23.0 Å². The predicted octanol–water partition coefficient (Wildman–Crippen LogP) is 4.63. The Balaban J connectivity index is 1.92. The van der Waals surface area contributed by atoms with Gasteiger partial charge in [-0.15, -0.1) is 0 Å². The first kappa shape index (κ1) is 15.1. The van der Waals surface area contributed by atoms with Crippen molar-refractivity contribution in [2.45, 2.75) is 66.6 Å². The third kappa shape index (κ3) is 3.08. The lowest BCUT2D eigenvalue weighted by atomic mass is 9.90. The fraction of sp³-hybridized carbons (Fsp3) is 0.706. The van der Waals surface area contributed by atoms with Crippen molar-refractivity contribution in [1.82, 2.24) is 0 Å². The quantitative estimate of drug-likeness (QED) is 0.545. The Morgan fingerprint density at radius 2 is 1.30 bits per heavy atom. The van der Waals surface area contributed by atoms with Crippen LogP contribution in [-0.2, 0) is 9.47 Å². The van der Waals surface area contributed by atoms with E-state index in [0.717, 1.165) is 12.8 Å². The maximum atomic E-state index is 12.1. The first-order chi connectivity index (χ1) is 9.10. The summed E-state index contributed by atoms with van der Waals surface area (Å²) < 4.78 is 11.1. The normalized spacial score (nSPS) is 30.7. The maximum Gasteiger partial charge on any atom is 0.508 e. The highest BCUT2D eigenvalue weighted by Crippen LogP contribution is 2.40. The number of rotatable bonds is 2. The van der Waals surface area contributed by atoms with Crippen LogP contribution in [0.4, 0.5) is 4.79 Å². The van der Waals surface area contributed by atoms with Gasteiger partial charge in [-0.2, -0.15) is 0 Å². The van der Waals surface area contributed by atoms with E-state index >= 15 is 0 Å². The van der Waals surface area contributed by atoms with Crippen LogP contribution in [0, 0.1) is 10.8 Å². The van der Waals surface area contributed by atoms with E-state index in [2.05, 4.69) is 53.7 Å². The molecule has 0 bridgehead atoms. The van der Waals surface area contributed by atoms with Crippen LogP contribution in [0.25, 0.3) is 0 Å². The molecule has 0 saturated carbocycles. The van der Waals surface area contributed by atoms with E-state index in [0.29, 0.717) is 0 Å². The average Bonchev–Trinajstić information content (AvgIpc) is 2.62. The summed E-state index contributed by atoms with van der Waals surface area (Å²) in [6.45, 7) is 12.5. The Morgan fingerprint density at radius 1 is 0.950 bits per heavy atom. The number of carbonyl (C=O) groups excluding carboxylic acids is 1. The summed E-state index contributed by atoms with van der Waals surface area (Å²) >= 11 is 0. The summed E-state index contributed by atoms with van der Waals surface area (Å²) in [4.78, 5) is 12.1. The van der Waals surface area contributed by atoms with E-state index in [1.807, 2.05) is 0 Å². The standard InChI is InChI=1S/C17H26O3/c1-11-7-13(16(3,4)9-11)19-15(18)20-14-8-12(2)10-17(14,5)6/h9-10,13-14H,7-8H2,1-6H3. The van der Waals surface area contributed by atoms with E-state index in [1.54, 1.807) is 0 Å². The molecular weight excluding hydrogens is 252 g/mol. The van der Waals surface area contributed by atoms with Gasteiger partial charge in [0.15, 0.2) is 0 Å². The van der Waals surface area contributed by atoms with Gasteiger partial charge in [0, 0.05) is 23.7 Å². The summed E-state index contributed by atoms with van der Waals surface area (Å²) in [5, 5.41) is 0. The molecule has 20 heavy (non-hydrogen) atoms. The third-order valence-electron chi connectivity index (χ3n) is 4.39. The molecular formula is C17H26O3. The lowest BCUT2D eigenvalue weighted by molar-refractivity contribution is -0.0384. The second-order valence-electron chi connectivity index (χ2n) is 7.50. The van der Waals surface area contributed by atoms with Crippen molar-refractivity contribution in [1.29, 1.82) is 0 Å². The monoisotopic (exact) mass is 278 g/mol. The van der Waals surface area contributed by atoms with Crippen molar-refractivity contribution in [2.24, 2.45) is 10.8 Å². The van der Waals surface area contributed by atoms with Gasteiger partial charge >= 0.3 is 6.16 Å². The molecule has 2 aliphatic rings. The molecule has 0 aromatic heterocycles. The van der Waals surface area contributed by atoms with Crippen LogP contribution in [0.1, 0.15) is 54.4 Å². The third-order valence-corrected chi connectivity index (χ3v) is 4.39. The van der Waals surface area contributed by atoms with Gasteiger partial charge in [-0.05, 0) is 13.8 Å². The number of ether oxygens (including phenoxy) is 2. The molecule has 0 aromatic carbocycles. The minimum absolute atomic E-state index is 0.109. The highest BCUT2D eigenvalue weighted by molar-refractivity contribution is 5.61. The predicted molar refractivity (Wildman–Crippen MR) is 79.5 cm³/mol. The summed E-state index contributed by atoms with van der Waals surface area (Å²) in [7, 11) is 0. The molecule has 0 N–H and O–H groups in total. The fourth-order valence-electron chi connectivity index (χ4n) is 3.33. The van der Waals surface area contributed by atoms with E-state index in [4.69, 9.17) is 9.47 Å². The molecule has 0 saturated heterocycles. The van der Waals surface area contributed by atoms with Crippen molar-refractivity contribution in [3.63, 3.8) is 0 Å². The SMILES string of the molecule is CC1=CC(C)(C)C(OC(=O)OC2CC(C)=CC2(C)C)C1. The van der Waals surface area contributed by atoms with Crippen molar-refractivity contribution < 1.29 is 14.3 Å². The van der Waals surface area contributed by atoms with Gasteiger partial charge < -0.3 is 9.47 Å². The van der Waals surface area contributed by atoms with Crippen LogP contribution in [0.2, 0.25) is 0 Å². The highest BCUT2D eigenvalue weighted by atomic mass is 16.7. The van der Waals surface area contributed by atoms with Crippen molar-refractivity contribution in [2.75, 3.05) is 0 Å². The topological polar surface area (TPSA) is 35.5 Å². The Morgan fingerprint density at radius 3 is 1.55 bits per heavy atom. The average molecular weight is 278 g/mol. The van der Waals surface area contributed by atoms with Gasteiger partial charge in [0.2, 0.25) is 0 Å². The smallest absolute Gasteiger partial charge is 0.430 e. The van der Waals surface area contributed by atoms with E-state index < -0.39 is 6.16 Å². The lowest BCUT2D eigenvalue weighted by Crippen LogP contribution is -2.34. The molecule has 3 heteroatoms. The minimum Gasteiger partial charge on any atom is -0.430 e. The Hall–Kier alpha value is -1.25. The molecule has 2 atom stereocenters. The first-order valence-corrected chi connectivity index (χ1v) is 7.34. The zero-order chi connectivity index (χ0) is 15.1. The van der Waals surface area contributed by atoms with Gasteiger partial charge in [-0.25, -0.2) is 4.79 Å². The van der Waals surface area contributed by atoms with Gasteiger partial charge in [0.25, 0.3) is 0 Å². The largest absolute Gasteiger partial charge is 0.508 e. The second kappa shape index (κ2) is 4.94. The second-order valence-corrected chi connectivity index (χ2v) is 7.50. The van der Waals surface area contributed by atoms with Crippen LogP contribution in [0.3, 0.4) is 0 Å². The first-order valence-electron chi connectivity index (χ1n) is 7.34. The van der Waals surface area contributed by atoms with Gasteiger partial charge in [-0.1, -0.05) is 51.0 Å². The highest BCUT2D eigenvalue weighted by Gasteiger charge is 2.39. The fourth-order valence-corrected chi connectivity index (χ4v) is 3.33. The Labute approximate surface area is 122 Å². The van der Waals surface area contributed by atoms with Crippen LogP contribution < -0.4 is 0 Å². The molecule has 0 spiro atoms. The summed E-state index contributed by atoms with van der Waals surface area (Å²) in [6.07, 6.45) is 5.18. The molecule has 112 valence electrons. The molecule has 0 radical (unpaired) electrons. The zero-order valence-corrected chi connectivity index (χ0v) is 13.4. The summed E-state index contributed by atoms with van der Waals surface area (Å²) in [5.74, 6) is 0. The molecule has 2 aliphatic carbocycles. The zero-order valence-electron chi connectivity index (χ0n) is 13.4. The molecule has 0 heterocycles. The van der Waals surface area contributed by atoms with E-state index in [1.165, 1.54) is 11.1 Å². The summed E-state index contributed by atoms with van der Waals surface area (Å²) in [5.41, 5.74) is 2.32. The number of carbonyl (C=O) groups is 1. The molecule has 2 rings (SSSR count). The maximum absolute atomic E-state index is 12.1. The van der Waals surface area contributed by atoms with Crippen molar-refractivity contribution in [3.8, 4) is 0 Å². The van der Waals surface area contributed by atoms with Crippen LogP contribution in [0.15, 0.2) is 23.3 Å². The van der Waals surface area contributed by atoms with Gasteiger partial charge in [-0.3, -0.25) is 0 Å². The molecule has 3 nitrogen and oxygen atoms in total. The van der Waals surface area contributed by atoms with Crippen molar-refractivity contribution >= 4 is 6.16 Å². The van der Waals surface area contributed by atoms with Crippen LogP contribution in [-0.4, -0.2) is 18.4 Å². The number of hydrogen-bond acceptors (Lipinski definition) is 3. The van der Waals surface area contributed by atoms with Crippen LogP contribution >= 0.6 is 0 Å². The summed E-state index contributed by atoms with van der Waals surface area (Å²) in [6, 6.07) is 0. The molecule has 0 aromatic rings. The molecule has 0 amide bonds. The number of hydrogen-bond donors (Lipinski definition) is 0. The van der Waals surface area contributed by atoms with Crippen LogP contribution in [0.5, 0.6) is 0 Å². The Bertz CT molecular complexity index is 427. The lowest BCUT2D eigenvalue weighted by Gasteiger charge is -2.29. The molecule has 0 fully saturated rings. The van der Waals surface area contributed by atoms with Crippen molar-refractivity contribution in [3.05, 3.63) is 23.3 Å². The van der Waals surface area contributed by atoms with Gasteiger partial charge in [0.1, 0.15) is 12.2 Å². The molecule has 2 unspecified atom stereocenters. The van der Waals surface area contributed by atoms with E-state index in [9.17, 15) is 4.79 Å². The molecule has 0 aliphatic heterocycles. The minimum atomic E-state index is -0.535. The van der Waals surface area contributed by atoms with Gasteiger partial charge in [0.05, 0.1) is 0 Å².